The fraction of sp³-hybridized carbons (Fsp3) is 0.429. The van der Waals surface area contributed by atoms with Crippen LogP contribution in [-0.2, 0) is 4.74 Å². The Balaban J connectivity index is 1.44. The number of piperazine rings is 1. The Morgan fingerprint density at radius 1 is 1.21 bits per heavy atom. The van der Waals surface area contributed by atoms with E-state index in [-0.39, 0.29) is 23.3 Å². The lowest BCUT2D eigenvalue weighted by Crippen LogP contribution is -3.16. The fourth-order valence-electron chi connectivity index (χ4n) is 3.63. The first-order chi connectivity index (χ1) is 13.9. The van der Waals surface area contributed by atoms with Gasteiger partial charge in [-0.25, -0.2) is 0 Å². The number of rotatable bonds is 8. The predicted molar refractivity (Wildman–Crippen MR) is 113 cm³/mol. The van der Waals surface area contributed by atoms with Crippen molar-refractivity contribution in [2.75, 3.05) is 44.2 Å². The predicted octanol–water partition coefficient (Wildman–Crippen LogP) is 2.09. The molecule has 2 N–H and O–H groups in total. The minimum Gasteiger partial charge on any atom is -0.385 e. The van der Waals surface area contributed by atoms with Crippen LogP contribution in [0.2, 0.25) is 5.02 Å². The van der Waals surface area contributed by atoms with E-state index >= 15 is 0 Å². The molecular formula is C21H27ClN3O4+. The molecule has 0 spiro atoms. The molecule has 1 fully saturated rings. The van der Waals surface area contributed by atoms with Crippen molar-refractivity contribution < 1.29 is 19.7 Å². The molecule has 8 heteroatoms. The third-order valence-electron chi connectivity index (χ3n) is 5.29. The molecule has 0 aliphatic carbocycles. The number of nitrogens with one attached hydrogen (secondary N) is 1. The molecule has 2 atom stereocenters. The summed E-state index contributed by atoms with van der Waals surface area (Å²) >= 11 is 5.91. The van der Waals surface area contributed by atoms with Crippen LogP contribution in [0.5, 0.6) is 0 Å². The zero-order valence-corrected chi connectivity index (χ0v) is 17.2. The number of para-hydroxylation sites is 2. The van der Waals surface area contributed by atoms with Gasteiger partial charge in [-0.15, -0.1) is 0 Å². The van der Waals surface area contributed by atoms with Crippen LogP contribution in [-0.4, -0.2) is 55.5 Å². The molecule has 0 bridgehead atoms. The first kappa shape index (κ1) is 21.5. The molecule has 1 aliphatic heterocycles. The van der Waals surface area contributed by atoms with Gasteiger partial charge in [0.05, 0.1) is 43.8 Å². The van der Waals surface area contributed by atoms with Gasteiger partial charge in [-0.3, -0.25) is 10.1 Å². The first-order valence-electron chi connectivity index (χ1n) is 9.81. The number of quaternary nitrogens is 1. The minimum absolute atomic E-state index is 0.118. The van der Waals surface area contributed by atoms with Gasteiger partial charge in [0.25, 0.3) is 5.69 Å². The number of nitrogens with zero attached hydrogens (tertiary/aromatic N) is 2. The maximum Gasteiger partial charge on any atom is 0.292 e. The number of hydrogen-bond acceptors (Lipinski definition) is 5. The molecule has 0 saturated carbocycles. The van der Waals surface area contributed by atoms with Crippen LogP contribution in [0.15, 0.2) is 48.5 Å². The number of nitro benzene ring substituents is 1. The number of halogens is 1. The van der Waals surface area contributed by atoms with Crippen molar-refractivity contribution in [3.63, 3.8) is 0 Å². The number of ether oxygens (including phenoxy) is 1. The molecule has 0 amide bonds. The van der Waals surface area contributed by atoms with Crippen molar-refractivity contribution in [1.82, 2.24) is 0 Å². The second-order valence-corrected chi connectivity index (χ2v) is 7.80. The number of aliphatic hydroxyl groups is 1. The standard InChI is InChI=1S/C21H26ClN3O4/c1-16(17-6-8-18(22)9-7-17)29-15-19(26)14-23-10-12-24(13-11-23)20-4-2-3-5-21(20)25(27)28/h2-9,16,19,26H,10-15H2,1H3/p+1/t16-,19-/m0/s1. The smallest absolute Gasteiger partial charge is 0.292 e. The normalized spacial score (nSPS) is 17.1. The largest absolute Gasteiger partial charge is 0.385 e. The molecule has 1 aliphatic rings. The fourth-order valence-corrected chi connectivity index (χ4v) is 3.76. The monoisotopic (exact) mass is 420 g/mol. The van der Waals surface area contributed by atoms with E-state index in [1.54, 1.807) is 12.1 Å². The summed E-state index contributed by atoms with van der Waals surface area (Å²) in [5.74, 6) is 0. The van der Waals surface area contributed by atoms with E-state index < -0.39 is 6.10 Å². The van der Waals surface area contributed by atoms with Crippen molar-refractivity contribution >= 4 is 23.0 Å². The average Bonchev–Trinajstić information content (AvgIpc) is 2.73. The molecular weight excluding hydrogens is 394 g/mol. The summed E-state index contributed by atoms with van der Waals surface area (Å²) < 4.78 is 5.81. The highest BCUT2D eigenvalue weighted by molar-refractivity contribution is 6.30. The molecule has 1 saturated heterocycles. The maximum absolute atomic E-state index is 11.2. The van der Waals surface area contributed by atoms with Crippen molar-refractivity contribution in [3.8, 4) is 0 Å². The van der Waals surface area contributed by atoms with Crippen molar-refractivity contribution in [2.24, 2.45) is 0 Å². The SMILES string of the molecule is C[C@H](OC[C@@H](O)C[NH+]1CCN(c2ccccc2[N+](=O)[O-])CC1)c1ccc(Cl)cc1. The van der Waals surface area contributed by atoms with Crippen molar-refractivity contribution in [3.05, 3.63) is 69.2 Å². The van der Waals surface area contributed by atoms with Crippen LogP contribution >= 0.6 is 11.6 Å². The van der Waals surface area contributed by atoms with Gasteiger partial charge in [0.15, 0.2) is 0 Å². The maximum atomic E-state index is 11.2. The average molecular weight is 421 g/mol. The molecule has 0 radical (unpaired) electrons. The van der Waals surface area contributed by atoms with E-state index in [0.717, 1.165) is 31.7 Å². The Morgan fingerprint density at radius 3 is 2.52 bits per heavy atom. The number of anilines is 1. The lowest BCUT2D eigenvalue weighted by atomic mass is 10.1. The summed E-state index contributed by atoms with van der Waals surface area (Å²) in [4.78, 5) is 14.2. The molecule has 0 aromatic heterocycles. The zero-order valence-electron chi connectivity index (χ0n) is 16.5. The van der Waals surface area contributed by atoms with Gasteiger partial charge in [-0.2, -0.15) is 0 Å². The minimum atomic E-state index is -0.558. The van der Waals surface area contributed by atoms with E-state index in [9.17, 15) is 15.2 Å². The molecule has 156 valence electrons. The summed E-state index contributed by atoms with van der Waals surface area (Å²) in [6.45, 7) is 5.88. The lowest BCUT2D eigenvalue weighted by molar-refractivity contribution is -0.903. The van der Waals surface area contributed by atoms with Crippen LogP contribution < -0.4 is 9.80 Å². The highest BCUT2D eigenvalue weighted by Crippen LogP contribution is 2.27. The third-order valence-corrected chi connectivity index (χ3v) is 5.54. The van der Waals surface area contributed by atoms with Crippen LogP contribution in [0.4, 0.5) is 11.4 Å². The summed E-state index contributed by atoms with van der Waals surface area (Å²) in [5.41, 5.74) is 1.82. The molecule has 1 heterocycles. The summed E-state index contributed by atoms with van der Waals surface area (Å²) in [5, 5.41) is 22.3. The highest BCUT2D eigenvalue weighted by Gasteiger charge is 2.26. The Hall–Kier alpha value is -2.19. The quantitative estimate of drug-likeness (QED) is 0.505. The van der Waals surface area contributed by atoms with E-state index in [0.29, 0.717) is 17.3 Å². The third kappa shape index (κ3) is 5.90. The molecule has 3 rings (SSSR count). The Kier molecular flexibility index (Phi) is 7.44. The molecule has 0 unspecified atom stereocenters. The number of hydrogen-bond donors (Lipinski definition) is 2. The first-order valence-corrected chi connectivity index (χ1v) is 10.2. The highest BCUT2D eigenvalue weighted by atomic mass is 35.5. The molecule has 29 heavy (non-hydrogen) atoms. The Bertz CT molecular complexity index is 810. The van der Waals surface area contributed by atoms with Crippen LogP contribution in [0.25, 0.3) is 0 Å². The Morgan fingerprint density at radius 2 is 1.86 bits per heavy atom. The molecule has 2 aromatic carbocycles. The molecule has 7 nitrogen and oxygen atoms in total. The van der Waals surface area contributed by atoms with Gasteiger partial charge < -0.3 is 19.6 Å². The number of nitro groups is 1. The number of aliphatic hydroxyl groups excluding tert-OH is 1. The van der Waals surface area contributed by atoms with Gasteiger partial charge in [0.2, 0.25) is 0 Å². The van der Waals surface area contributed by atoms with E-state index in [1.165, 1.54) is 11.0 Å². The van der Waals surface area contributed by atoms with Gasteiger partial charge in [0, 0.05) is 11.1 Å². The van der Waals surface area contributed by atoms with Gasteiger partial charge >= 0.3 is 0 Å². The second kappa shape index (κ2) is 10.0. The number of benzene rings is 2. The van der Waals surface area contributed by atoms with Gasteiger partial charge in [0.1, 0.15) is 18.3 Å². The summed E-state index contributed by atoms with van der Waals surface area (Å²) in [6.07, 6.45) is -0.676. The van der Waals surface area contributed by atoms with E-state index in [4.69, 9.17) is 16.3 Å². The zero-order chi connectivity index (χ0) is 20.8. The van der Waals surface area contributed by atoms with E-state index in [2.05, 4.69) is 0 Å². The van der Waals surface area contributed by atoms with Crippen molar-refractivity contribution in [2.45, 2.75) is 19.1 Å². The topological polar surface area (TPSA) is 80.3 Å². The summed E-state index contributed by atoms with van der Waals surface area (Å²) in [7, 11) is 0. The lowest BCUT2D eigenvalue weighted by Gasteiger charge is -2.34. The van der Waals surface area contributed by atoms with E-state index in [1.807, 2.05) is 42.2 Å². The van der Waals surface area contributed by atoms with Crippen LogP contribution in [0.1, 0.15) is 18.6 Å². The van der Waals surface area contributed by atoms with Crippen LogP contribution in [0.3, 0.4) is 0 Å². The van der Waals surface area contributed by atoms with Crippen molar-refractivity contribution in [1.29, 1.82) is 0 Å². The molecule has 2 aromatic rings. The summed E-state index contributed by atoms with van der Waals surface area (Å²) in [6, 6.07) is 14.3. The second-order valence-electron chi connectivity index (χ2n) is 7.37. The van der Waals surface area contributed by atoms with Crippen LogP contribution in [0, 0.1) is 10.1 Å². The van der Waals surface area contributed by atoms with Gasteiger partial charge in [-0.1, -0.05) is 35.9 Å². The Labute approximate surface area is 175 Å². The van der Waals surface area contributed by atoms with Gasteiger partial charge in [-0.05, 0) is 30.7 Å².